The van der Waals surface area contributed by atoms with Crippen molar-refractivity contribution in [1.82, 2.24) is 56.5 Å². The molecule has 0 radical (unpaired) electrons. The van der Waals surface area contributed by atoms with Crippen molar-refractivity contribution < 1.29 is 91.2 Å². The Bertz CT molecular complexity index is 3610. The number of amides is 7. The summed E-state index contributed by atoms with van der Waals surface area (Å²) in [6.45, 7) is 4.09. The first-order chi connectivity index (χ1) is 47.2. The maximum absolute atomic E-state index is 14.7. The van der Waals surface area contributed by atoms with Gasteiger partial charge in [-0.3, -0.25) is 38.1 Å². The minimum Gasteiger partial charge on any atom is -0.504 e. The lowest BCUT2D eigenvalue weighted by Gasteiger charge is -2.34. The predicted molar refractivity (Wildman–Crippen MR) is 354 cm³/mol. The molecule has 13 atom stereocenters. The molecule has 1 unspecified atom stereocenters. The zero-order valence-electron chi connectivity index (χ0n) is 54.8. The van der Waals surface area contributed by atoms with Gasteiger partial charge in [0.25, 0.3) is 0 Å². The summed E-state index contributed by atoms with van der Waals surface area (Å²) >= 11 is 1.44. The van der Waals surface area contributed by atoms with Gasteiger partial charge < -0.3 is 96.6 Å². The Morgan fingerprint density at radius 2 is 1.36 bits per heavy atom. The Morgan fingerprint density at radius 3 is 2.03 bits per heavy atom. The molecule has 6 aliphatic rings. The molecule has 10 rings (SSSR count). The second kappa shape index (κ2) is 32.7. The van der Waals surface area contributed by atoms with Crippen LogP contribution in [0.25, 0.3) is 21.7 Å². The lowest BCUT2D eigenvalue weighted by atomic mass is 9.96. The molecule has 5 saturated heterocycles. The standard InChI is InChI=1S/C64H88N14O19S2/c1-33-31-78-54(55(33)86)59(90)67-30-40(80)24-44(66-27-35-14-18-76(19-15-35)64-74-73-60(98-64)38-11-9-37(10-12-38)39-28-68-63(69-29-39)75-20-16-43(17-21-75)96-42-6-4-3-5-7-42)56(87)70-51(34(2)79)61(91)77-32-41(81)25-45(77)57(88)71-52(58(89)72-53(62(78)92)48(84)26-50(65)85)47(83)22-36-8-13-46(82)49(23-36)97-99(93,94)95/h8-13,23,28-29,33-35,40-45,47-48,51-55,66,79-84,86H,3-7,14-22,24-27,30-32H2,1-2H3,(H2,65,85)(H,67,90)(H,70,87)(H,71,88)(H,72,89)(H,93,94,95)/t33-,34+,40+,41+,44?,45-,47+,48+,51-,52-,53-,54-,55-/m0/s1. The minimum absolute atomic E-state index is 0.0626. The zero-order chi connectivity index (χ0) is 71.0. The van der Waals surface area contributed by atoms with Crippen LogP contribution in [0.1, 0.15) is 96.5 Å². The number of anilines is 2. The Kier molecular flexibility index (Phi) is 24.4. The number of phenols is 1. The molecule has 2 aromatic heterocycles. The summed E-state index contributed by atoms with van der Waals surface area (Å²) in [6, 6.07) is -0.339. The summed E-state index contributed by atoms with van der Waals surface area (Å²) in [5.41, 5.74) is 8.00. The molecule has 35 heteroatoms. The minimum atomic E-state index is -5.23. The van der Waals surface area contributed by atoms with Crippen molar-refractivity contribution in [2.75, 3.05) is 62.2 Å². The van der Waals surface area contributed by atoms with E-state index in [0.29, 0.717) is 48.1 Å². The predicted octanol–water partition coefficient (Wildman–Crippen LogP) is -2.23. The van der Waals surface area contributed by atoms with Crippen LogP contribution in [0.3, 0.4) is 0 Å². The van der Waals surface area contributed by atoms with Gasteiger partial charge in [-0.1, -0.05) is 67.9 Å². The summed E-state index contributed by atoms with van der Waals surface area (Å²) in [5, 5.41) is 102. The van der Waals surface area contributed by atoms with Crippen molar-refractivity contribution in [2.45, 2.75) is 182 Å². The van der Waals surface area contributed by atoms with Crippen LogP contribution in [0.15, 0.2) is 54.9 Å². The number of nitrogens with one attached hydrogen (secondary N) is 5. The quantitative estimate of drug-likeness (QED) is 0.0469. The largest absolute Gasteiger partial charge is 0.504 e. The van der Waals surface area contributed by atoms with E-state index >= 15 is 0 Å². The Hall–Kier alpha value is -7.84. The van der Waals surface area contributed by atoms with Crippen LogP contribution < -0.4 is 46.3 Å². The fourth-order valence-electron chi connectivity index (χ4n) is 13.7. The maximum atomic E-state index is 14.7. The number of primary amides is 1. The second-order valence-electron chi connectivity index (χ2n) is 26.7. The molecule has 1 aliphatic carbocycles. The first-order valence-corrected chi connectivity index (χ1v) is 35.6. The fourth-order valence-corrected chi connectivity index (χ4v) is 15.0. The van der Waals surface area contributed by atoms with Crippen LogP contribution in [-0.4, -0.2) is 257 Å². The van der Waals surface area contributed by atoms with Gasteiger partial charge in [-0.2, -0.15) is 8.42 Å². The van der Waals surface area contributed by atoms with E-state index < -0.39 is 187 Å². The molecule has 2 aromatic carbocycles. The van der Waals surface area contributed by atoms with Gasteiger partial charge in [-0.05, 0) is 87.6 Å². The summed E-state index contributed by atoms with van der Waals surface area (Å²) in [4.78, 5) is 115. The number of carbonyl (C=O) groups excluding carboxylic acids is 7. The van der Waals surface area contributed by atoms with Crippen LogP contribution in [0.4, 0.5) is 11.1 Å². The van der Waals surface area contributed by atoms with Gasteiger partial charge in [0.15, 0.2) is 11.5 Å². The third-order valence-corrected chi connectivity index (χ3v) is 20.7. The summed E-state index contributed by atoms with van der Waals surface area (Å²) < 4.78 is 43.4. The number of aliphatic hydroxyl groups is 6. The van der Waals surface area contributed by atoms with E-state index in [1.165, 1.54) is 44.4 Å². The number of hydrogen-bond acceptors (Lipinski definition) is 26. The number of phenolic OH excluding ortho intramolecular Hbond substituents is 1. The van der Waals surface area contributed by atoms with Crippen LogP contribution in [-0.2, 0) is 55.1 Å². The first-order valence-electron chi connectivity index (χ1n) is 33.5. The number of fused-ring (bicyclic) bond motifs is 2. The first kappa shape index (κ1) is 73.9. The number of carbonyl (C=O) groups is 7. The van der Waals surface area contributed by atoms with E-state index in [9.17, 15) is 82.3 Å². The van der Waals surface area contributed by atoms with Gasteiger partial charge in [0.1, 0.15) is 35.2 Å². The number of β-amino-alcohol motifs (C(OH)–C–C–N with tert-alkyl or cyclic N) is 1. The molecule has 99 heavy (non-hydrogen) atoms. The molecule has 7 amide bonds. The number of aliphatic hydroxyl groups excluding tert-OH is 6. The molecular formula is C64H88N14O19S2. The highest BCUT2D eigenvalue weighted by atomic mass is 32.3. The number of piperidine rings is 2. The van der Waals surface area contributed by atoms with Gasteiger partial charge in [0.2, 0.25) is 52.4 Å². The smallest absolute Gasteiger partial charge is 0.446 e. The summed E-state index contributed by atoms with van der Waals surface area (Å²) in [6.07, 6.45) is 0.282. The Morgan fingerprint density at radius 1 is 0.727 bits per heavy atom. The zero-order valence-corrected chi connectivity index (χ0v) is 56.5. The van der Waals surface area contributed by atoms with E-state index in [1.807, 2.05) is 36.7 Å². The lowest BCUT2D eigenvalue weighted by molar-refractivity contribution is -0.147. The number of nitrogens with zero attached hydrogens (tertiary/aromatic N) is 8. The summed E-state index contributed by atoms with van der Waals surface area (Å²) in [5.74, 6) is -10.0. The molecule has 1 saturated carbocycles. The highest BCUT2D eigenvalue weighted by Crippen LogP contribution is 2.35. The molecule has 33 nitrogen and oxygen atoms in total. The number of nitrogens with two attached hydrogens (primary N) is 1. The number of ether oxygens (including phenoxy) is 1. The van der Waals surface area contributed by atoms with E-state index in [1.54, 1.807) is 0 Å². The van der Waals surface area contributed by atoms with Crippen molar-refractivity contribution in [3.05, 3.63) is 60.4 Å². The second-order valence-corrected chi connectivity index (χ2v) is 28.6. The Labute approximate surface area is 575 Å². The monoisotopic (exact) mass is 1420 g/mol. The van der Waals surface area contributed by atoms with Crippen LogP contribution in [0, 0.1) is 11.8 Å². The topological polar surface area (TPSA) is 485 Å². The van der Waals surface area contributed by atoms with Crippen molar-refractivity contribution in [3.63, 3.8) is 0 Å². The van der Waals surface area contributed by atoms with Crippen LogP contribution in [0.2, 0.25) is 0 Å². The van der Waals surface area contributed by atoms with Crippen molar-refractivity contribution >= 4 is 74.2 Å². The van der Waals surface area contributed by atoms with Crippen molar-refractivity contribution in [1.29, 1.82) is 0 Å². The van der Waals surface area contributed by atoms with E-state index in [4.69, 9.17) is 20.4 Å². The van der Waals surface area contributed by atoms with Gasteiger partial charge in [0.05, 0.1) is 61.3 Å². The molecule has 5 aliphatic heterocycles. The maximum Gasteiger partial charge on any atom is 0.446 e. The molecule has 6 fully saturated rings. The molecule has 0 spiro atoms. The van der Waals surface area contributed by atoms with E-state index in [2.05, 4.69) is 50.8 Å². The normalized spacial score (nSPS) is 27.4. The molecule has 540 valence electrons. The average molecular weight is 1420 g/mol. The van der Waals surface area contributed by atoms with Gasteiger partial charge in [-0.25, -0.2) is 9.97 Å². The SMILES string of the molecule is C[C@@H](O)[C@@H]1NC(=O)C(NCC2CCN(c3nnc(-c4ccc(-c5cnc(N6CCC(OC7CCCCC7)CC6)nc5)cc4)s3)CC2)C[C@@H](O)CNC(=O)[C@@H]2[C@@H](O)[C@@H](C)CN2C(=O)[C@H]([C@H](O)CC(N)=O)NC(=O)[C@H]([C@H](O)Cc2ccc(O)c(OS(=O)(=O)O)c2)NC(=O)[C@@H]2C[C@@H](O)CN2C1=O. The average Bonchev–Trinajstić information content (AvgIpc) is 1.44. The van der Waals surface area contributed by atoms with Crippen molar-refractivity contribution in [2.24, 2.45) is 17.6 Å². The molecule has 7 heterocycles. The van der Waals surface area contributed by atoms with Crippen molar-refractivity contribution in [3.8, 4) is 33.2 Å². The molecular weight excluding hydrogens is 1330 g/mol. The van der Waals surface area contributed by atoms with Gasteiger partial charge in [0, 0.05) is 88.1 Å². The Balaban J connectivity index is 0.825. The number of benzene rings is 2. The third-order valence-electron chi connectivity index (χ3n) is 19.2. The van der Waals surface area contributed by atoms with E-state index in [0.717, 1.165) is 83.5 Å². The summed E-state index contributed by atoms with van der Waals surface area (Å²) in [7, 11) is -5.23. The van der Waals surface area contributed by atoms with Crippen LogP contribution in [0.5, 0.6) is 11.5 Å². The molecule has 4 aromatic rings. The lowest BCUT2D eigenvalue weighted by Crippen LogP contribution is -2.64. The molecule has 0 bridgehead atoms. The number of rotatable bonds is 18. The van der Waals surface area contributed by atoms with Gasteiger partial charge >= 0.3 is 10.4 Å². The highest BCUT2D eigenvalue weighted by molar-refractivity contribution is 7.81. The molecule has 15 N–H and O–H groups in total. The number of aromatic nitrogens is 4. The highest BCUT2D eigenvalue weighted by Gasteiger charge is 2.50. The third kappa shape index (κ3) is 18.8. The van der Waals surface area contributed by atoms with Gasteiger partial charge in [-0.15, -0.1) is 10.2 Å². The fraction of sp³-hybridized carbons (Fsp3) is 0.609. The van der Waals surface area contributed by atoms with E-state index in [-0.39, 0.29) is 24.1 Å². The number of hydrogen-bond donors (Lipinski definition) is 14. The number of aromatic hydroxyl groups is 1. The van der Waals surface area contributed by atoms with Crippen LogP contribution >= 0.6 is 11.3 Å².